The Morgan fingerprint density at radius 2 is 2.25 bits per heavy atom. The van der Waals surface area contributed by atoms with E-state index in [0.29, 0.717) is 4.73 Å². The van der Waals surface area contributed by atoms with Crippen molar-refractivity contribution in [2.75, 3.05) is 5.73 Å². The van der Waals surface area contributed by atoms with Crippen LogP contribution in [0.15, 0.2) is 22.9 Å². The van der Waals surface area contributed by atoms with E-state index in [1.165, 1.54) is 16.8 Å². The number of nitrogen functional groups attached to an aromatic ring is 1. The molecule has 1 heterocycles. The third kappa shape index (κ3) is 1.75. The molecule has 0 radical (unpaired) electrons. The molecule has 1 aromatic carbocycles. The van der Waals surface area contributed by atoms with Crippen LogP contribution in [0.1, 0.15) is 5.56 Å². The fourth-order valence-electron chi connectivity index (χ4n) is 1.21. The van der Waals surface area contributed by atoms with Gasteiger partial charge < -0.3 is 5.73 Å². The van der Waals surface area contributed by atoms with Crippen LogP contribution >= 0.6 is 15.9 Å². The fraction of sp³-hybridized carbons (Fsp3) is 0. The number of hydrogen-bond acceptors (Lipinski definition) is 4. The summed E-state index contributed by atoms with van der Waals surface area (Å²) in [7, 11) is 0. The van der Waals surface area contributed by atoms with Crippen LogP contribution in [0, 0.1) is 17.1 Å². The minimum absolute atomic E-state index is 0.0376. The lowest BCUT2D eigenvalue weighted by molar-refractivity contribution is 0.608. The average Bonchev–Trinajstić information content (AvgIpc) is 2.57. The highest BCUT2D eigenvalue weighted by Crippen LogP contribution is 2.19. The third-order valence-corrected chi connectivity index (χ3v) is 2.40. The van der Waals surface area contributed by atoms with E-state index >= 15 is 0 Å². The van der Waals surface area contributed by atoms with Gasteiger partial charge in [0, 0.05) is 0 Å². The van der Waals surface area contributed by atoms with Crippen LogP contribution in [-0.4, -0.2) is 14.8 Å². The maximum absolute atomic E-state index is 13.6. The number of benzene rings is 1. The quantitative estimate of drug-likeness (QED) is 0.861. The van der Waals surface area contributed by atoms with E-state index in [2.05, 4.69) is 26.0 Å². The molecule has 0 saturated carbocycles. The Morgan fingerprint density at radius 3 is 2.75 bits per heavy atom. The molecule has 0 unspecified atom stereocenters. The Labute approximate surface area is 98.4 Å². The first-order valence-electron chi connectivity index (χ1n) is 4.20. The summed E-state index contributed by atoms with van der Waals surface area (Å²) >= 11 is 3.10. The number of rotatable bonds is 1. The van der Waals surface area contributed by atoms with Crippen LogP contribution in [0.5, 0.6) is 0 Å². The number of nitrogens with zero attached hydrogens (tertiary/aromatic N) is 4. The van der Waals surface area contributed by atoms with E-state index in [-0.39, 0.29) is 17.2 Å². The van der Waals surface area contributed by atoms with Crippen molar-refractivity contribution in [3.63, 3.8) is 0 Å². The maximum Gasteiger partial charge on any atom is 0.240 e. The highest BCUT2D eigenvalue weighted by atomic mass is 79.9. The van der Waals surface area contributed by atoms with E-state index in [4.69, 9.17) is 11.0 Å². The molecule has 2 N–H and O–H groups in total. The van der Waals surface area contributed by atoms with Crippen LogP contribution < -0.4 is 5.73 Å². The van der Waals surface area contributed by atoms with Gasteiger partial charge in [0.15, 0.2) is 0 Å². The highest BCUT2D eigenvalue weighted by Gasteiger charge is 2.11. The molecule has 80 valence electrons. The lowest BCUT2D eigenvalue weighted by atomic mass is 10.2. The normalized spacial score (nSPS) is 10.1. The van der Waals surface area contributed by atoms with Crippen LogP contribution in [0.3, 0.4) is 0 Å². The van der Waals surface area contributed by atoms with Crippen molar-refractivity contribution < 1.29 is 4.39 Å². The number of anilines is 1. The molecule has 0 aliphatic rings. The summed E-state index contributed by atoms with van der Waals surface area (Å²) in [6.07, 6.45) is 0. The molecule has 5 nitrogen and oxygen atoms in total. The van der Waals surface area contributed by atoms with Gasteiger partial charge in [-0.1, -0.05) is 0 Å². The van der Waals surface area contributed by atoms with Gasteiger partial charge >= 0.3 is 0 Å². The van der Waals surface area contributed by atoms with Gasteiger partial charge in [-0.3, -0.25) is 0 Å². The summed E-state index contributed by atoms with van der Waals surface area (Å²) in [5, 5.41) is 12.4. The second kappa shape index (κ2) is 3.90. The minimum atomic E-state index is -0.565. The minimum Gasteiger partial charge on any atom is -0.366 e. The van der Waals surface area contributed by atoms with E-state index in [1.807, 2.05) is 6.07 Å². The summed E-state index contributed by atoms with van der Waals surface area (Å²) in [5.74, 6) is -0.528. The van der Waals surface area contributed by atoms with Crippen molar-refractivity contribution in [2.45, 2.75) is 0 Å². The Hall–Kier alpha value is -1.94. The number of nitrogens with two attached hydrogens (primary N) is 1. The zero-order valence-electron chi connectivity index (χ0n) is 7.85. The smallest absolute Gasteiger partial charge is 0.240 e. The summed E-state index contributed by atoms with van der Waals surface area (Å²) in [6.45, 7) is 0. The molecule has 0 spiro atoms. The molecule has 0 amide bonds. The van der Waals surface area contributed by atoms with Gasteiger partial charge in [-0.15, -0.1) is 5.10 Å². The first-order chi connectivity index (χ1) is 7.61. The van der Waals surface area contributed by atoms with Gasteiger partial charge in [0.05, 0.1) is 11.6 Å². The molecule has 0 atom stereocenters. The van der Waals surface area contributed by atoms with Crippen molar-refractivity contribution in [3.05, 3.63) is 34.3 Å². The standard InChI is InChI=1S/C9H5BrFN5/c10-8-14-9(13)15-16(8)7-2-1-5(4-12)3-6(7)11/h1-3H,(H2,13,15). The van der Waals surface area contributed by atoms with Gasteiger partial charge in [0.1, 0.15) is 11.5 Å². The molecule has 0 saturated heterocycles. The SMILES string of the molecule is N#Cc1ccc(-n2nc(N)nc2Br)c(F)c1. The fourth-order valence-corrected chi connectivity index (χ4v) is 1.66. The van der Waals surface area contributed by atoms with E-state index in [9.17, 15) is 4.39 Å². The van der Waals surface area contributed by atoms with Crippen molar-refractivity contribution in [1.29, 1.82) is 5.26 Å². The van der Waals surface area contributed by atoms with Crippen molar-refractivity contribution in [3.8, 4) is 11.8 Å². The number of hydrogen-bond donors (Lipinski definition) is 1. The van der Waals surface area contributed by atoms with Gasteiger partial charge in [-0.05, 0) is 34.1 Å². The number of halogens is 2. The molecular formula is C9H5BrFN5. The summed E-state index contributed by atoms with van der Waals surface area (Å²) in [5.41, 5.74) is 5.79. The van der Waals surface area contributed by atoms with Crippen molar-refractivity contribution >= 4 is 21.9 Å². The molecule has 16 heavy (non-hydrogen) atoms. The molecule has 2 rings (SSSR count). The van der Waals surface area contributed by atoms with Gasteiger partial charge in [0.2, 0.25) is 10.7 Å². The summed E-state index contributed by atoms with van der Waals surface area (Å²) in [6, 6.07) is 5.90. The molecule has 7 heteroatoms. The predicted octanol–water partition coefficient (Wildman–Crippen LogP) is 1.62. The van der Waals surface area contributed by atoms with E-state index in [1.54, 1.807) is 0 Å². The second-order valence-electron chi connectivity index (χ2n) is 2.93. The van der Waals surface area contributed by atoms with Gasteiger partial charge in [-0.25, -0.2) is 9.07 Å². The maximum atomic E-state index is 13.6. The van der Waals surface area contributed by atoms with E-state index < -0.39 is 5.82 Å². The van der Waals surface area contributed by atoms with Crippen LogP contribution in [0.25, 0.3) is 5.69 Å². The van der Waals surface area contributed by atoms with Crippen LogP contribution in [0.2, 0.25) is 0 Å². The molecule has 0 bridgehead atoms. The lowest BCUT2D eigenvalue weighted by Gasteiger charge is -2.03. The molecule has 0 fully saturated rings. The van der Waals surface area contributed by atoms with Gasteiger partial charge in [-0.2, -0.15) is 10.2 Å². The van der Waals surface area contributed by atoms with Crippen LogP contribution in [-0.2, 0) is 0 Å². The van der Waals surface area contributed by atoms with Crippen molar-refractivity contribution in [1.82, 2.24) is 14.8 Å². The number of nitriles is 1. The Morgan fingerprint density at radius 1 is 1.50 bits per heavy atom. The van der Waals surface area contributed by atoms with Gasteiger partial charge in [0.25, 0.3) is 0 Å². The topological polar surface area (TPSA) is 80.5 Å². The Bertz CT molecular complexity index is 586. The lowest BCUT2D eigenvalue weighted by Crippen LogP contribution is -2.01. The number of aromatic nitrogens is 3. The molecular weight excluding hydrogens is 277 g/mol. The summed E-state index contributed by atoms with van der Waals surface area (Å²) < 4.78 is 15.1. The Kier molecular flexibility index (Phi) is 2.58. The molecule has 0 aliphatic heterocycles. The Balaban J connectivity index is 2.57. The zero-order valence-corrected chi connectivity index (χ0v) is 9.44. The largest absolute Gasteiger partial charge is 0.366 e. The first-order valence-corrected chi connectivity index (χ1v) is 4.99. The second-order valence-corrected chi connectivity index (χ2v) is 3.64. The van der Waals surface area contributed by atoms with Crippen LogP contribution in [0.4, 0.5) is 10.3 Å². The molecule has 2 aromatic rings. The first kappa shape index (κ1) is 10.6. The van der Waals surface area contributed by atoms with Crippen molar-refractivity contribution in [2.24, 2.45) is 0 Å². The highest BCUT2D eigenvalue weighted by molar-refractivity contribution is 9.10. The average molecular weight is 282 g/mol. The summed E-state index contributed by atoms with van der Waals surface area (Å²) in [4.78, 5) is 3.79. The van der Waals surface area contributed by atoms with E-state index in [0.717, 1.165) is 6.07 Å². The molecule has 1 aromatic heterocycles. The predicted molar refractivity (Wildman–Crippen MR) is 58.1 cm³/mol. The monoisotopic (exact) mass is 281 g/mol. The zero-order chi connectivity index (χ0) is 11.7. The third-order valence-electron chi connectivity index (χ3n) is 1.89. The molecule has 0 aliphatic carbocycles.